The first kappa shape index (κ1) is 20.3. The molecule has 0 saturated carbocycles. The standard InChI is InChI=1S/C24H22FNO3/c25-22-17-26(16-19-10-5-2-6-11-19)24(29)21(12-7-13-23(27)28)20(22)15-14-18-8-3-1-4-9-18/h1-6,8-11,14-15,17H,7,12-13,16H2,(H,27,28). The minimum absolute atomic E-state index is 0.0729. The van der Waals surface area contributed by atoms with E-state index in [0.717, 1.165) is 11.1 Å². The number of carbonyl (C=O) groups is 1. The largest absolute Gasteiger partial charge is 0.481 e. The van der Waals surface area contributed by atoms with Gasteiger partial charge in [0, 0.05) is 23.7 Å². The van der Waals surface area contributed by atoms with Gasteiger partial charge in [-0.15, -0.1) is 0 Å². The number of pyridine rings is 1. The van der Waals surface area contributed by atoms with Crippen LogP contribution in [0.4, 0.5) is 4.39 Å². The van der Waals surface area contributed by atoms with E-state index in [4.69, 9.17) is 5.11 Å². The summed E-state index contributed by atoms with van der Waals surface area (Å²) in [6, 6.07) is 18.8. The second-order valence-electron chi connectivity index (χ2n) is 6.78. The Morgan fingerprint density at radius 1 is 1.00 bits per heavy atom. The molecule has 0 atom stereocenters. The molecule has 29 heavy (non-hydrogen) atoms. The van der Waals surface area contributed by atoms with E-state index in [9.17, 15) is 14.0 Å². The molecule has 0 bridgehead atoms. The molecular weight excluding hydrogens is 369 g/mol. The van der Waals surface area contributed by atoms with E-state index in [1.165, 1.54) is 10.8 Å². The summed E-state index contributed by atoms with van der Waals surface area (Å²) in [5, 5.41) is 8.91. The topological polar surface area (TPSA) is 59.3 Å². The van der Waals surface area contributed by atoms with Gasteiger partial charge < -0.3 is 9.67 Å². The summed E-state index contributed by atoms with van der Waals surface area (Å²) in [6.07, 6.45) is 4.96. The second kappa shape index (κ2) is 9.64. The zero-order chi connectivity index (χ0) is 20.6. The first-order valence-electron chi connectivity index (χ1n) is 9.45. The molecule has 0 saturated heterocycles. The summed E-state index contributed by atoms with van der Waals surface area (Å²) in [4.78, 5) is 23.9. The predicted molar refractivity (Wildman–Crippen MR) is 112 cm³/mol. The maximum atomic E-state index is 15.0. The highest BCUT2D eigenvalue weighted by Gasteiger charge is 2.15. The Kier molecular flexibility index (Phi) is 6.74. The van der Waals surface area contributed by atoms with Gasteiger partial charge in [-0.2, -0.15) is 0 Å². The van der Waals surface area contributed by atoms with Gasteiger partial charge in [0.2, 0.25) is 0 Å². The molecular formula is C24H22FNO3. The van der Waals surface area contributed by atoms with E-state index in [0.29, 0.717) is 5.56 Å². The molecule has 4 nitrogen and oxygen atoms in total. The molecule has 148 valence electrons. The van der Waals surface area contributed by atoms with Crippen LogP contribution in [0.25, 0.3) is 12.2 Å². The smallest absolute Gasteiger partial charge is 0.303 e. The quantitative estimate of drug-likeness (QED) is 0.610. The van der Waals surface area contributed by atoms with E-state index in [1.807, 2.05) is 60.7 Å². The Labute approximate surface area is 168 Å². The third-order valence-corrected chi connectivity index (χ3v) is 4.63. The molecule has 0 aliphatic carbocycles. The van der Waals surface area contributed by atoms with Crippen molar-refractivity contribution < 1.29 is 14.3 Å². The lowest BCUT2D eigenvalue weighted by atomic mass is 10.0. The molecule has 0 aliphatic rings. The van der Waals surface area contributed by atoms with Crippen LogP contribution in [-0.2, 0) is 17.8 Å². The average Bonchev–Trinajstić information content (AvgIpc) is 2.72. The number of aromatic nitrogens is 1. The molecule has 2 aromatic carbocycles. The summed E-state index contributed by atoms with van der Waals surface area (Å²) in [5.41, 5.74) is 1.99. The van der Waals surface area contributed by atoms with Gasteiger partial charge in [-0.3, -0.25) is 9.59 Å². The summed E-state index contributed by atoms with van der Waals surface area (Å²) in [7, 11) is 0. The molecule has 1 N–H and O–H groups in total. The maximum absolute atomic E-state index is 15.0. The third kappa shape index (κ3) is 5.51. The van der Waals surface area contributed by atoms with E-state index < -0.39 is 11.8 Å². The highest BCUT2D eigenvalue weighted by Crippen LogP contribution is 2.17. The van der Waals surface area contributed by atoms with Crippen LogP contribution in [0.1, 0.15) is 35.1 Å². The van der Waals surface area contributed by atoms with E-state index in [1.54, 1.807) is 12.2 Å². The van der Waals surface area contributed by atoms with Crippen molar-refractivity contribution in [2.75, 3.05) is 0 Å². The second-order valence-corrected chi connectivity index (χ2v) is 6.78. The van der Waals surface area contributed by atoms with Gasteiger partial charge in [-0.25, -0.2) is 4.39 Å². The molecule has 1 heterocycles. The van der Waals surface area contributed by atoms with Crippen molar-refractivity contribution in [3.8, 4) is 0 Å². The van der Waals surface area contributed by atoms with Gasteiger partial charge >= 0.3 is 5.97 Å². The molecule has 0 radical (unpaired) electrons. The van der Waals surface area contributed by atoms with Gasteiger partial charge in [0.25, 0.3) is 5.56 Å². The van der Waals surface area contributed by atoms with Crippen LogP contribution in [0.5, 0.6) is 0 Å². The van der Waals surface area contributed by atoms with Gasteiger partial charge in [0.1, 0.15) is 5.82 Å². The molecule has 0 unspecified atom stereocenters. The first-order valence-corrected chi connectivity index (χ1v) is 9.45. The monoisotopic (exact) mass is 391 g/mol. The number of carboxylic acids is 1. The Morgan fingerprint density at radius 3 is 2.31 bits per heavy atom. The van der Waals surface area contributed by atoms with Crippen LogP contribution in [0.3, 0.4) is 0 Å². The zero-order valence-electron chi connectivity index (χ0n) is 15.9. The molecule has 5 heteroatoms. The summed E-state index contributed by atoms with van der Waals surface area (Å²) < 4.78 is 16.3. The van der Waals surface area contributed by atoms with Crippen LogP contribution >= 0.6 is 0 Å². The Balaban J connectivity index is 1.99. The van der Waals surface area contributed by atoms with E-state index in [-0.39, 0.29) is 36.9 Å². The van der Waals surface area contributed by atoms with Crippen LogP contribution < -0.4 is 5.56 Å². The van der Waals surface area contributed by atoms with Crippen molar-refractivity contribution in [3.63, 3.8) is 0 Å². The normalized spacial score (nSPS) is 11.1. The third-order valence-electron chi connectivity index (χ3n) is 4.63. The summed E-state index contributed by atoms with van der Waals surface area (Å²) in [6.45, 7) is 0.255. The Bertz CT molecular complexity index is 1060. The number of aliphatic carboxylic acids is 1. The first-order chi connectivity index (χ1) is 14.0. The number of hydrogen-bond acceptors (Lipinski definition) is 2. The molecule has 0 fully saturated rings. The Hall–Kier alpha value is -3.47. The lowest BCUT2D eigenvalue weighted by molar-refractivity contribution is -0.137. The highest BCUT2D eigenvalue weighted by atomic mass is 19.1. The maximum Gasteiger partial charge on any atom is 0.303 e. The van der Waals surface area contributed by atoms with Gasteiger partial charge in [-0.05, 0) is 24.0 Å². The average molecular weight is 391 g/mol. The molecule has 0 amide bonds. The highest BCUT2D eigenvalue weighted by molar-refractivity contribution is 5.71. The summed E-state index contributed by atoms with van der Waals surface area (Å²) >= 11 is 0. The van der Waals surface area contributed by atoms with Crippen LogP contribution in [-0.4, -0.2) is 15.6 Å². The van der Waals surface area contributed by atoms with E-state index >= 15 is 0 Å². The fraction of sp³-hybridized carbons (Fsp3) is 0.167. The van der Waals surface area contributed by atoms with Crippen LogP contribution in [0.15, 0.2) is 71.7 Å². The molecule has 1 aromatic heterocycles. The zero-order valence-corrected chi connectivity index (χ0v) is 15.9. The van der Waals surface area contributed by atoms with Crippen molar-refractivity contribution in [2.24, 2.45) is 0 Å². The van der Waals surface area contributed by atoms with Crippen molar-refractivity contribution in [2.45, 2.75) is 25.8 Å². The molecule has 3 rings (SSSR count). The minimum Gasteiger partial charge on any atom is -0.481 e. The number of benzene rings is 2. The molecule has 0 aliphatic heterocycles. The molecule has 3 aromatic rings. The lowest BCUT2D eigenvalue weighted by Crippen LogP contribution is -2.26. The fourth-order valence-electron chi connectivity index (χ4n) is 3.18. The van der Waals surface area contributed by atoms with E-state index in [2.05, 4.69) is 0 Å². The van der Waals surface area contributed by atoms with Gasteiger partial charge in [0.05, 0.1) is 6.54 Å². The van der Waals surface area contributed by atoms with Crippen molar-refractivity contribution in [1.82, 2.24) is 4.57 Å². The number of nitrogens with zero attached hydrogens (tertiary/aromatic N) is 1. The SMILES string of the molecule is O=C(O)CCCc1c(C=Cc2ccccc2)c(F)cn(Cc2ccccc2)c1=O. The number of rotatable bonds is 8. The van der Waals surface area contributed by atoms with Crippen molar-refractivity contribution in [1.29, 1.82) is 0 Å². The van der Waals surface area contributed by atoms with Crippen LogP contribution in [0, 0.1) is 5.82 Å². The Morgan fingerprint density at radius 2 is 1.66 bits per heavy atom. The van der Waals surface area contributed by atoms with Gasteiger partial charge in [0.15, 0.2) is 0 Å². The molecule has 0 spiro atoms. The lowest BCUT2D eigenvalue weighted by Gasteiger charge is -2.13. The number of halogens is 1. The minimum atomic E-state index is -0.938. The number of carboxylic acid groups (broad SMARTS) is 1. The summed E-state index contributed by atoms with van der Waals surface area (Å²) in [5.74, 6) is -1.44. The van der Waals surface area contributed by atoms with Crippen molar-refractivity contribution in [3.05, 3.63) is 105 Å². The predicted octanol–water partition coefficient (Wildman–Crippen LogP) is 4.61. The fourth-order valence-corrected chi connectivity index (χ4v) is 3.18. The van der Waals surface area contributed by atoms with Gasteiger partial charge in [-0.1, -0.05) is 72.8 Å². The van der Waals surface area contributed by atoms with Crippen molar-refractivity contribution >= 4 is 18.1 Å². The van der Waals surface area contributed by atoms with Crippen LogP contribution in [0.2, 0.25) is 0 Å². The number of hydrogen-bond donors (Lipinski definition) is 1.